The van der Waals surface area contributed by atoms with Crippen LogP contribution >= 0.6 is 0 Å². The SMILES string of the molecule is C=C/C(c1ccc2cc(-c3cc4ccc(-c5cccc6ccccc56)c5ccc6cccc3c6c45)c3cccc4ccc1c2c43)=c1/ccccc1=C. The average Bonchev–Trinajstić information content (AvgIpc) is 3.20. The van der Waals surface area contributed by atoms with Crippen molar-refractivity contribution in [3.63, 3.8) is 0 Å². The van der Waals surface area contributed by atoms with E-state index in [0.717, 1.165) is 16.0 Å². The quantitative estimate of drug-likeness (QED) is 0.165. The fraction of sp³-hybridized carbons (Fsp3) is 0. The fourth-order valence-corrected chi connectivity index (χ4v) is 9.18. The molecule has 0 aliphatic heterocycles. The lowest BCUT2D eigenvalue weighted by atomic mass is 9.82. The highest BCUT2D eigenvalue weighted by Gasteiger charge is 2.20. The van der Waals surface area contributed by atoms with Gasteiger partial charge in [0.05, 0.1) is 0 Å². The third-order valence-electron chi connectivity index (χ3n) is 11.5. The molecule has 52 heavy (non-hydrogen) atoms. The minimum Gasteiger partial charge on any atom is -0.0984 e. The minimum absolute atomic E-state index is 1.00. The molecule has 0 amide bonds. The van der Waals surface area contributed by atoms with Crippen LogP contribution in [0.2, 0.25) is 0 Å². The molecular weight excluding hydrogens is 625 g/mol. The van der Waals surface area contributed by atoms with Gasteiger partial charge in [0.2, 0.25) is 0 Å². The zero-order chi connectivity index (χ0) is 34.5. The lowest BCUT2D eigenvalue weighted by Crippen LogP contribution is -2.24. The molecule has 0 saturated carbocycles. The van der Waals surface area contributed by atoms with Gasteiger partial charge in [-0.05, 0) is 131 Å². The van der Waals surface area contributed by atoms with Crippen molar-refractivity contribution in [2.24, 2.45) is 0 Å². The Morgan fingerprint density at radius 2 is 0.865 bits per heavy atom. The highest BCUT2D eigenvalue weighted by Crippen LogP contribution is 2.48. The topological polar surface area (TPSA) is 0 Å². The molecule has 240 valence electrons. The van der Waals surface area contributed by atoms with Crippen molar-refractivity contribution < 1.29 is 0 Å². The summed E-state index contributed by atoms with van der Waals surface area (Å²) in [7, 11) is 0. The summed E-state index contributed by atoms with van der Waals surface area (Å²) in [5, 5.41) is 20.1. The summed E-state index contributed by atoms with van der Waals surface area (Å²) >= 11 is 0. The molecule has 0 aliphatic carbocycles. The Hall–Kier alpha value is -6.76. The van der Waals surface area contributed by atoms with E-state index in [9.17, 15) is 0 Å². The van der Waals surface area contributed by atoms with Gasteiger partial charge in [0, 0.05) is 0 Å². The summed E-state index contributed by atoms with van der Waals surface area (Å²) in [6.07, 6.45) is 1.98. The number of hydrogen-bond donors (Lipinski definition) is 0. The summed E-state index contributed by atoms with van der Waals surface area (Å²) in [5.74, 6) is 0. The van der Waals surface area contributed by atoms with Crippen LogP contribution in [0.25, 0.3) is 110 Å². The Balaban J connectivity index is 1.22. The molecule has 0 atom stereocenters. The van der Waals surface area contributed by atoms with Crippen molar-refractivity contribution in [1.82, 2.24) is 0 Å². The Morgan fingerprint density at radius 1 is 0.365 bits per heavy atom. The van der Waals surface area contributed by atoms with Crippen molar-refractivity contribution in [3.8, 4) is 22.3 Å². The van der Waals surface area contributed by atoms with Gasteiger partial charge in [-0.15, -0.1) is 0 Å². The third kappa shape index (κ3) is 3.98. The molecule has 0 bridgehead atoms. The fourth-order valence-electron chi connectivity index (χ4n) is 9.18. The first kappa shape index (κ1) is 29.0. The molecule has 0 heterocycles. The van der Waals surface area contributed by atoms with Gasteiger partial charge in [0.15, 0.2) is 0 Å². The molecule has 0 unspecified atom stereocenters. The summed E-state index contributed by atoms with van der Waals surface area (Å²) in [5.41, 5.74) is 7.38. The van der Waals surface area contributed by atoms with E-state index < -0.39 is 0 Å². The molecule has 0 spiro atoms. The number of rotatable bonds is 4. The van der Waals surface area contributed by atoms with E-state index in [1.54, 1.807) is 0 Å². The Bertz CT molecular complexity index is 3370. The molecule has 0 fully saturated rings. The van der Waals surface area contributed by atoms with Crippen LogP contribution in [0, 0.1) is 0 Å². The summed E-state index contributed by atoms with van der Waals surface area (Å²) in [6.45, 7) is 8.60. The first-order chi connectivity index (χ1) is 25.7. The van der Waals surface area contributed by atoms with Gasteiger partial charge in [0.25, 0.3) is 0 Å². The van der Waals surface area contributed by atoms with Crippen LogP contribution in [-0.2, 0) is 0 Å². The second kappa shape index (κ2) is 10.9. The van der Waals surface area contributed by atoms with Crippen molar-refractivity contribution in [2.75, 3.05) is 0 Å². The smallest absolute Gasteiger partial charge is 0.00201 e. The minimum atomic E-state index is 1.00. The van der Waals surface area contributed by atoms with Gasteiger partial charge in [-0.3, -0.25) is 0 Å². The van der Waals surface area contributed by atoms with E-state index in [1.165, 1.54) is 103 Å². The zero-order valence-corrected chi connectivity index (χ0v) is 28.6. The maximum absolute atomic E-state index is 4.34. The lowest BCUT2D eigenvalue weighted by Gasteiger charge is -2.20. The van der Waals surface area contributed by atoms with Crippen molar-refractivity contribution in [3.05, 3.63) is 192 Å². The Morgan fingerprint density at radius 3 is 1.60 bits per heavy atom. The van der Waals surface area contributed by atoms with E-state index in [0.29, 0.717) is 0 Å². The summed E-state index contributed by atoms with van der Waals surface area (Å²) < 4.78 is 0. The molecule has 11 aromatic carbocycles. The summed E-state index contributed by atoms with van der Waals surface area (Å²) in [6, 6.07) is 60.6. The molecule has 0 N–H and O–H groups in total. The van der Waals surface area contributed by atoms with Crippen molar-refractivity contribution in [2.45, 2.75) is 0 Å². The van der Waals surface area contributed by atoms with Gasteiger partial charge in [0.1, 0.15) is 0 Å². The average molecular weight is 657 g/mol. The highest BCUT2D eigenvalue weighted by atomic mass is 14.2. The summed E-state index contributed by atoms with van der Waals surface area (Å²) in [4.78, 5) is 0. The van der Waals surface area contributed by atoms with E-state index in [4.69, 9.17) is 0 Å². The molecule has 11 rings (SSSR count). The predicted octanol–water partition coefficient (Wildman–Crippen LogP) is 12.8. The Kier molecular flexibility index (Phi) is 6.06. The molecule has 0 saturated heterocycles. The normalized spacial score (nSPS) is 12.7. The van der Waals surface area contributed by atoms with Gasteiger partial charge in [-0.25, -0.2) is 0 Å². The van der Waals surface area contributed by atoms with Crippen LogP contribution in [0.1, 0.15) is 5.56 Å². The van der Waals surface area contributed by atoms with Gasteiger partial charge >= 0.3 is 0 Å². The largest absolute Gasteiger partial charge is 0.0984 e. The monoisotopic (exact) mass is 656 g/mol. The highest BCUT2D eigenvalue weighted by molar-refractivity contribution is 6.32. The number of allylic oxidation sites excluding steroid dienone is 1. The Labute approximate surface area is 301 Å². The maximum Gasteiger partial charge on any atom is -0.00201 e. The van der Waals surface area contributed by atoms with Gasteiger partial charge in [-0.2, -0.15) is 0 Å². The standard InChI is InChI=1S/C52H32/c1-3-37(38-16-6-4-11-31(38)2)41-25-23-35-29-47(43-19-9-14-33-21-27-45(41)51(35)49(33)43)48-30-36-24-26-42(40-18-8-13-32-12-5-7-17-39(32)40)46-28-22-34-15-10-20-44(48)50(34)52(36)46/h3-30H,1-2H2/b38-37+. The van der Waals surface area contributed by atoms with Gasteiger partial charge < -0.3 is 0 Å². The van der Waals surface area contributed by atoms with Crippen LogP contribution in [0.3, 0.4) is 0 Å². The lowest BCUT2D eigenvalue weighted by molar-refractivity contribution is 1.50. The number of hydrogen-bond acceptors (Lipinski definition) is 0. The first-order valence-electron chi connectivity index (χ1n) is 18.0. The molecule has 0 nitrogen and oxygen atoms in total. The third-order valence-corrected chi connectivity index (χ3v) is 11.5. The van der Waals surface area contributed by atoms with Gasteiger partial charge in [-0.1, -0.05) is 171 Å². The molecular formula is C52H32. The van der Waals surface area contributed by atoms with E-state index in [2.05, 4.69) is 171 Å². The second-order valence-electron chi connectivity index (χ2n) is 14.1. The molecule has 0 heteroatoms. The molecule has 0 aromatic heterocycles. The van der Waals surface area contributed by atoms with Crippen molar-refractivity contribution in [1.29, 1.82) is 0 Å². The maximum atomic E-state index is 4.34. The molecule has 0 aliphatic rings. The van der Waals surface area contributed by atoms with E-state index in [-0.39, 0.29) is 0 Å². The molecule has 0 radical (unpaired) electrons. The van der Waals surface area contributed by atoms with Crippen LogP contribution in [-0.4, -0.2) is 0 Å². The first-order valence-corrected chi connectivity index (χ1v) is 18.0. The number of fused-ring (bicyclic) bond motifs is 1. The number of benzene rings is 11. The predicted molar refractivity (Wildman–Crippen MR) is 226 cm³/mol. The van der Waals surface area contributed by atoms with Crippen LogP contribution in [0.5, 0.6) is 0 Å². The van der Waals surface area contributed by atoms with Crippen LogP contribution < -0.4 is 10.4 Å². The van der Waals surface area contributed by atoms with E-state index >= 15 is 0 Å². The van der Waals surface area contributed by atoms with E-state index in [1.807, 2.05) is 12.1 Å². The molecule has 11 aromatic rings. The van der Waals surface area contributed by atoms with Crippen molar-refractivity contribution >= 4 is 87.6 Å². The zero-order valence-electron chi connectivity index (χ0n) is 28.6. The van der Waals surface area contributed by atoms with Crippen LogP contribution in [0.15, 0.2) is 176 Å². The van der Waals surface area contributed by atoms with Crippen LogP contribution in [0.4, 0.5) is 0 Å². The second-order valence-corrected chi connectivity index (χ2v) is 14.1.